The van der Waals surface area contributed by atoms with Crippen molar-refractivity contribution >= 4 is 0 Å². The molecule has 100 valence electrons. The smallest absolute Gasteiger partial charge is 0.0898 e. The van der Waals surface area contributed by atoms with Crippen molar-refractivity contribution < 1.29 is 5.11 Å². The second-order valence-electron chi connectivity index (χ2n) is 5.16. The van der Waals surface area contributed by atoms with Gasteiger partial charge in [0.2, 0.25) is 0 Å². The average molecular weight is 249 g/mol. The third kappa shape index (κ3) is 3.77. The zero-order chi connectivity index (χ0) is 12.8. The highest BCUT2D eigenvalue weighted by Gasteiger charge is 2.31. The number of piperidine rings is 1. The summed E-state index contributed by atoms with van der Waals surface area (Å²) in [5, 5.41) is 13.9. The van der Waals surface area contributed by atoms with Crippen molar-refractivity contribution in [3.63, 3.8) is 0 Å². The number of hydrogen-bond acceptors (Lipinski definition) is 4. The molecule has 1 fully saturated rings. The quantitative estimate of drug-likeness (QED) is 0.818. The van der Waals surface area contributed by atoms with Crippen molar-refractivity contribution in [2.24, 2.45) is 0 Å². The van der Waals surface area contributed by atoms with E-state index in [2.05, 4.69) is 22.1 Å². The molecule has 0 aliphatic carbocycles. The Labute approximate surface area is 109 Å². The van der Waals surface area contributed by atoms with E-state index in [-0.39, 0.29) is 0 Å². The number of β-amino-alcohol motifs (C(OH)–C–C–N with tert-alkyl or cyclic N) is 1. The molecular weight excluding hydrogens is 226 g/mol. The minimum absolute atomic E-state index is 0.568. The number of rotatable bonds is 5. The predicted octanol–water partition coefficient (Wildman–Crippen LogP) is 1.02. The van der Waals surface area contributed by atoms with E-state index in [0.717, 1.165) is 39.0 Å². The molecule has 0 aromatic carbocycles. The summed E-state index contributed by atoms with van der Waals surface area (Å²) in [7, 11) is 0. The molecule has 1 aromatic rings. The summed E-state index contributed by atoms with van der Waals surface area (Å²) in [6, 6.07) is 3.99. The number of likely N-dealkylation sites (tertiary alicyclic amines) is 1. The standard InChI is InChI=1S/C14H23N3O/c1-2-17-9-3-6-14(18,12-17)11-16-10-13-4-7-15-8-5-13/h4-5,7-8,16,18H,2-3,6,9-12H2,1H3. The average Bonchev–Trinajstić information content (AvgIpc) is 2.40. The van der Waals surface area contributed by atoms with Crippen LogP contribution in [0.1, 0.15) is 25.3 Å². The molecule has 0 radical (unpaired) electrons. The summed E-state index contributed by atoms with van der Waals surface area (Å²) < 4.78 is 0. The molecule has 0 saturated carbocycles. The highest BCUT2D eigenvalue weighted by Crippen LogP contribution is 2.20. The van der Waals surface area contributed by atoms with Crippen LogP contribution in [-0.4, -0.2) is 46.8 Å². The maximum atomic E-state index is 10.5. The molecule has 1 saturated heterocycles. The number of likely N-dealkylation sites (N-methyl/N-ethyl adjacent to an activating group) is 1. The summed E-state index contributed by atoms with van der Waals surface area (Å²) in [6.45, 7) is 6.52. The van der Waals surface area contributed by atoms with Gasteiger partial charge in [-0.25, -0.2) is 0 Å². The van der Waals surface area contributed by atoms with Gasteiger partial charge in [0.15, 0.2) is 0 Å². The van der Waals surface area contributed by atoms with E-state index < -0.39 is 5.60 Å². The lowest BCUT2D eigenvalue weighted by Gasteiger charge is -2.39. The summed E-state index contributed by atoms with van der Waals surface area (Å²) in [6.07, 6.45) is 5.57. The Hall–Kier alpha value is -0.970. The number of nitrogens with zero attached hydrogens (tertiary/aromatic N) is 2. The van der Waals surface area contributed by atoms with E-state index in [0.29, 0.717) is 6.54 Å². The fourth-order valence-corrected chi connectivity index (χ4v) is 2.56. The summed E-state index contributed by atoms with van der Waals surface area (Å²) in [5.74, 6) is 0. The van der Waals surface area contributed by atoms with Crippen LogP contribution in [-0.2, 0) is 6.54 Å². The van der Waals surface area contributed by atoms with Crippen LogP contribution in [0.3, 0.4) is 0 Å². The largest absolute Gasteiger partial charge is 0.387 e. The van der Waals surface area contributed by atoms with Gasteiger partial charge in [-0.3, -0.25) is 4.98 Å². The fourth-order valence-electron chi connectivity index (χ4n) is 2.56. The lowest BCUT2D eigenvalue weighted by molar-refractivity contribution is -0.0279. The van der Waals surface area contributed by atoms with E-state index in [4.69, 9.17) is 0 Å². The first-order chi connectivity index (χ1) is 8.72. The van der Waals surface area contributed by atoms with Gasteiger partial charge in [-0.05, 0) is 43.6 Å². The van der Waals surface area contributed by atoms with E-state index in [1.165, 1.54) is 5.56 Å². The monoisotopic (exact) mass is 249 g/mol. The van der Waals surface area contributed by atoms with Gasteiger partial charge in [-0.15, -0.1) is 0 Å². The zero-order valence-corrected chi connectivity index (χ0v) is 11.1. The van der Waals surface area contributed by atoms with Gasteiger partial charge in [-0.2, -0.15) is 0 Å². The Morgan fingerprint density at radius 3 is 2.94 bits per heavy atom. The first kappa shape index (κ1) is 13.5. The molecule has 18 heavy (non-hydrogen) atoms. The van der Waals surface area contributed by atoms with Crippen LogP contribution in [0.15, 0.2) is 24.5 Å². The maximum Gasteiger partial charge on any atom is 0.0898 e. The van der Waals surface area contributed by atoms with Crippen molar-refractivity contribution in [3.05, 3.63) is 30.1 Å². The second kappa shape index (κ2) is 6.27. The molecule has 4 nitrogen and oxygen atoms in total. The highest BCUT2D eigenvalue weighted by molar-refractivity contribution is 5.09. The van der Waals surface area contributed by atoms with Gasteiger partial charge in [-0.1, -0.05) is 6.92 Å². The van der Waals surface area contributed by atoms with Crippen LogP contribution in [0.5, 0.6) is 0 Å². The molecule has 1 unspecified atom stereocenters. The molecule has 1 atom stereocenters. The second-order valence-corrected chi connectivity index (χ2v) is 5.16. The topological polar surface area (TPSA) is 48.4 Å². The summed E-state index contributed by atoms with van der Waals surface area (Å²) >= 11 is 0. The van der Waals surface area contributed by atoms with Crippen LogP contribution >= 0.6 is 0 Å². The first-order valence-electron chi connectivity index (χ1n) is 6.76. The Bertz CT molecular complexity index is 357. The maximum absolute atomic E-state index is 10.5. The predicted molar refractivity (Wildman–Crippen MR) is 72.2 cm³/mol. The molecule has 0 bridgehead atoms. The number of nitrogens with one attached hydrogen (secondary N) is 1. The lowest BCUT2D eigenvalue weighted by Crippen LogP contribution is -2.53. The third-order valence-corrected chi connectivity index (χ3v) is 3.61. The Morgan fingerprint density at radius 1 is 1.44 bits per heavy atom. The van der Waals surface area contributed by atoms with Crippen molar-refractivity contribution in [1.29, 1.82) is 0 Å². The Morgan fingerprint density at radius 2 is 2.22 bits per heavy atom. The minimum atomic E-state index is -0.568. The molecular formula is C14H23N3O. The van der Waals surface area contributed by atoms with E-state index in [1.807, 2.05) is 12.1 Å². The number of hydrogen-bond donors (Lipinski definition) is 2. The van der Waals surface area contributed by atoms with Crippen LogP contribution in [0.4, 0.5) is 0 Å². The molecule has 4 heteroatoms. The normalized spacial score (nSPS) is 25.2. The Balaban J connectivity index is 1.78. The molecule has 1 aromatic heterocycles. The summed E-state index contributed by atoms with van der Waals surface area (Å²) in [5.41, 5.74) is 0.637. The Kier molecular flexibility index (Phi) is 4.69. The third-order valence-electron chi connectivity index (χ3n) is 3.61. The minimum Gasteiger partial charge on any atom is -0.387 e. The number of aromatic nitrogens is 1. The van der Waals surface area contributed by atoms with Gasteiger partial charge < -0.3 is 15.3 Å². The molecule has 0 amide bonds. The summed E-state index contributed by atoms with van der Waals surface area (Å²) in [4.78, 5) is 6.31. The van der Waals surface area contributed by atoms with Crippen molar-refractivity contribution in [3.8, 4) is 0 Å². The molecule has 1 aliphatic heterocycles. The van der Waals surface area contributed by atoms with Gasteiger partial charge >= 0.3 is 0 Å². The van der Waals surface area contributed by atoms with Crippen LogP contribution < -0.4 is 5.32 Å². The highest BCUT2D eigenvalue weighted by atomic mass is 16.3. The van der Waals surface area contributed by atoms with Gasteiger partial charge in [0, 0.05) is 32.0 Å². The van der Waals surface area contributed by atoms with E-state index in [1.54, 1.807) is 12.4 Å². The van der Waals surface area contributed by atoms with Crippen LogP contribution in [0, 0.1) is 0 Å². The van der Waals surface area contributed by atoms with E-state index in [9.17, 15) is 5.11 Å². The van der Waals surface area contributed by atoms with Gasteiger partial charge in [0.1, 0.15) is 0 Å². The van der Waals surface area contributed by atoms with Crippen molar-refractivity contribution in [2.45, 2.75) is 31.9 Å². The molecule has 2 N–H and O–H groups in total. The number of aliphatic hydroxyl groups is 1. The van der Waals surface area contributed by atoms with Crippen molar-refractivity contribution in [1.82, 2.24) is 15.2 Å². The molecule has 2 rings (SSSR count). The molecule has 0 spiro atoms. The van der Waals surface area contributed by atoms with Gasteiger partial charge in [0.05, 0.1) is 5.60 Å². The SMILES string of the molecule is CCN1CCCC(O)(CNCc2ccncc2)C1. The van der Waals surface area contributed by atoms with Crippen molar-refractivity contribution in [2.75, 3.05) is 26.2 Å². The molecule has 1 aliphatic rings. The fraction of sp³-hybridized carbons (Fsp3) is 0.643. The number of pyridine rings is 1. The molecule has 2 heterocycles. The van der Waals surface area contributed by atoms with Gasteiger partial charge in [0.25, 0.3) is 0 Å². The van der Waals surface area contributed by atoms with Crippen LogP contribution in [0.2, 0.25) is 0 Å². The lowest BCUT2D eigenvalue weighted by atomic mass is 9.92. The van der Waals surface area contributed by atoms with E-state index >= 15 is 0 Å². The zero-order valence-electron chi connectivity index (χ0n) is 11.1. The van der Waals surface area contributed by atoms with Crippen LogP contribution in [0.25, 0.3) is 0 Å². The first-order valence-corrected chi connectivity index (χ1v) is 6.76.